The van der Waals surface area contributed by atoms with Gasteiger partial charge in [0.25, 0.3) is 0 Å². The minimum Gasteiger partial charge on any atom is -0.394 e. The fourth-order valence-corrected chi connectivity index (χ4v) is 1.43. The maximum Gasteiger partial charge on any atom is 0.249 e. The topological polar surface area (TPSA) is 53.0 Å². The summed E-state index contributed by atoms with van der Waals surface area (Å²) in [7, 11) is 3.91. The smallest absolute Gasteiger partial charge is 0.249 e. The zero-order valence-corrected chi connectivity index (χ0v) is 8.77. The summed E-state index contributed by atoms with van der Waals surface area (Å²) in [6.07, 6.45) is 0. The van der Waals surface area contributed by atoms with Gasteiger partial charge in [0.2, 0.25) is 5.91 Å². The number of likely N-dealkylation sites (N-methyl/N-ethyl adjacent to an activating group) is 1. The van der Waals surface area contributed by atoms with E-state index in [1.165, 1.54) is 0 Å². The fourth-order valence-electron chi connectivity index (χ4n) is 1.43. The average molecular weight is 202 g/mol. The van der Waals surface area contributed by atoms with Crippen molar-refractivity contribution in [2.75, 3.05) is 47.0 Å². The lowest BCUT2D eigenvalue weighted by Crippen LogP contribution is -2.52. The summed E-state index contributed by atoms with van der Waals surface area (Å²) in [5.41, 5.74) is 0. The van der Waals surface area contributed by atoms with E-state index < -0.39 is 0 Å². The van der Waals surface area contributed by atoms with Gasteiger partial charge in [-0.25, -0.2) is 0 Å². The van der Waals surface area contributed by atoms with Crippen LogP contribution in [0.4, 0.5) is 0 Å². The largest absolute Gasteiger partial charge is 0.394 e. The second-order valence-corrected chi connectivity index (χ2v) is 3.74. The molecule has 0 bridgehead atoms. The monoisotopic (exact) mass is 202 g/mol. The zero-order valence-electron chi connectivity index (χ0n) is 8.77. The first-order valence-electron chi connectivity index (χ1n) is 4.78. The van der Waals surface area contributed by atoms with Crippen LogP contribution in [0.3, 0.4) is 0 Å². The number of hydrogen-bond donors (Lipinski definition) is 1. The van der Waals surface area contributed by atoms with Crippen molar-refractivity contribution in [2.24, 2.45) is 0 Å². The Morgan fingerprint density at radius 2 is 2.36 bits per heavy atom. The van der Waals surface area contributed by atoms with Crippen LogP contribution in [0.1, 0.15) is 0 Å². The molecular formula is C9H18N2O3. The van der Waals surface area contributed by atoms with Crippen molar-refractivity contribution in [2.45, 2.75) is 6.04 Å². The Bertz CT molecular complexity index is 196. The number of hydrogen-bond acceptors (Lipinski definition) is 4. The van der Waals surface area contributed by atoms with E-state index in [1.54, 1.807) is 4.90 Å². The quantitative estimate of drug-likeness (QED) is 0.620. The third kappa shape index (κ3) is 2.94. The van der Waals surface area contributed by atoms with Gasteiger partial charge in [-0.2, -0.15) is 0 Å². The highest BCUT2D eigenvalue weighted by Gasteiger charge is 2.27. The van der Waals surface area contributed by atoms with Crippen LogP contribution >= 0.6 is 0 Å². The third-order valence-electron chi connectivity index (χ3n) is 2.30. The Morgan fingerprint density at radius 1 is 1.64 bits per heavy atom. The van der Waals surface area contributed by atoms with E-state index in [0.29, 0.717) is 13.2 Å². The molecule has 0 radical (unpaired) electrons. The molecule has 0 aromatic heterocycles. The molecule has 0 saturated carbocycles. The van der Waals surface area contributed by atoms with Crippen molar-refractivity contribution in [1.82, 2.24) is 9.80 Å². The Labute approximate surface area is 84.2 Å². The maximum atomic E-state index is 11.4. The molecule has 0 aromatic rings. The molecule has 1 fully saturated rings. The summed E-state index contributed by atoms with van der Waals surface area (Å²) in [6.45, 7) is 2.02. The molecule has 1 heterocycles. The Balaban J connectivity index is 2.46. The number of carbonyl (C=O) groups excluding carboxylic acids is 1. The third-order valence-corrected chi connectivity index (χ3v) is 2.30. The minimum absolute atomic E-state index is 0.0286. The number of morpholine rings is 1. The number of ether oxygens (including phenoxy) is 1. The van der Waals surface area contributed by atoms with Gasteiger partial charge in [-0.3, -0.25) is 4.79 Å². The molecular weight excluding hydrogens is 184 g/mol. The molecule has 1 aliphatic rings. The van der Waals surface area contributed by atoms with E-state index in [9.17, 15) is 4.79 Å². The summed E-state index contributed by atoms with van der Waals surface area (Å²) in [6, 6.07) is -0.170. The molecule has 82 valence electrons. The van der Waals surface area contributed by atoms with Crippen LogP contribution in [0.5, 0.6) is 0 Å². The number of aliphatic hydroxyl groups is 1. The number of carbonyl (C=O) groups is 1. The van der Waals surface area contributed by atoms with Crippen LogP contribution in [-0.2, 0) is 9.53 Å². The number of nitrogens with zero attached hydrogens (tertiary/aromatic N) is 2. The molecule has 1 atom stereocenters. The molecule has 1 N–H and O–H groups in total. The number of amides is 1. The highest BCUT2D eigenvalue weighted by molar-refractivity contribution is 5.78. The molecule has 1 saturated heterocycles. The predicted octanol–water partition coefficient (Wildman–Crippen LogP) is -1.23. The number of rotatable bonds is 4. The van der Waals surface area contributed by atoms with Gasteiger partial charge in [-0.15, -0.1) is 0 Å². The minimum atomic E-state index is -0.170. The van der Waals surface area contributed by atoms with E-state index in [4.69, 9.17) is 9.84 Å². The van der Waals surface area contributed by atoms with Gasteiger partial charge < -0.3 is 19.6 Å². The van der Waals surface area contributed by atoms with Crippen LogP contribution in [0.15, 0.2) is 0 Å². The molecule has 1 amide bonds. The van der Waals surface area contributed by atoms with Gasteiger partial charge in [-0.1, -0.05) is 0 Å². The maximum absolute atomic E-state index is 11.4. The van der Waals surface area contributed by atoms with Gasteiger partial charge in [0, 0.05) is 13.1 Å². The highest BCUT2D eigenvalue weighted by atomic mass is 16.5. The van der Waals surface area contributed by atoms with Gasteiger partial charge in [0.05, 0.1) is 19.3 Å². The molecule has 1 aliphatic heterocycles. The summed E-state index contributed by atoms with van der Waals surface area (Å²) in [4.78, 5) is 15.2. The molecule has 0 aromatic carbocycles. The van der Waals surface area contributed by atoms with Crippen LogP contribution < -0.4 is 0 Å². The molecule has 0 spiro atoms. The molecule has 14 heavy (non-hydrogen) atoms. The van der Waals surface area contributed by atoms with Crippen LogP contribution in [0.2, 0.25) is 0 Å². The first-order chi connectivity index (χ1) is 6.65. The lowest BCUT2D eigenvalue weighted by molar-refractivity contribution is -0.150. The fraction of sp³-hybridized carbons (Fsp3) is 0.889. The zero-order chi connectivity index (χ0) is 10.6. The summed E-state index contributed by atoms with van der Waals surface area (Å²) >= 11 is 0. The van der Waals surface area contributed by atoms with E-state index in [1.807, 2.05) is 19.0 Å². The Kier molecular flexibility index (Phi) is 4.31. The molecule has 5 heteroatoms. The second kappa shape index (κ2) is 5.29. The second-order valence-electron chi connectivity index (χ2n) is 3.74. The van der Waals surface area contributed by atoms with Crippen LogP contribution in [0, 0.1) is 0 Å². The van der Waals surface area contributed by atoms with Crippen molar-refractivity contribution in [3.63, 3.8) is 0 Å². The number of aliphatic hydroxyl groups excluding tert-OH is 1. The Morgan fingerprint density at radius 3 is 2.93 bits per heavy atom. The summed E-state index contributed by atoms with van der Waals surface area (Å²) in [5, 5.41) is 9.06. The van der Waals surface area contributed by atoms with Crippen molar-refractivity contribution in [3.05, 3.63) is 0 Å². The average Bonchev–Trinajstić information content (AvgIpc) is 2.15. The van der Waals surface area contributed by atoms with Gasteiger partial charge in [0.15, 0.2) is 0 Å². The Hall–Kier alpha value is -0.650. The highest BCUT2D eigenvalue weighted by Crippen LogP contribution is 2.07. The molecule has 0 aliphatic carbocycles. The summed E-state index contributed by atoms with van der Waals surface area (Å²) in [5.74, 6) is -0.0304. The first kappa shape index (κ1) is 11.4. The van der Waals surface area contributed by atoms with Gasteiger partial charge >= 0.3 is 0 Å². The molecule has 1 rings (SSSR count). The van der Waals surface area contributed by atoms with Crippen molar-refractivity contribution in [3.8, 4) is 0 Å². The van der Waals surface area contributed by atoms with E-state index in [-0.39, 0.29) is 25.2 Å². The van der Waals surface area contributed by atoms with E-state index >= 15 is 0 Å². The van der Waals surface area contributed by atoms with Crippen molar-refractivity contribution < 1.29 is 14.6 Å². The van der Waals surface area contributed by atoms with E-state index in [0.717, 1.165) is 6.54 Å². The first-order valence-corrected chi connectivity index (χ1v) is 4.78. The van der Waals surface area contributed by atoms with Gasteiger partial charge in [0.1, 0.15) is 6.61 Å². The van der Waals surface area contributed by atoms with Gasteiger partial charge in [-0.05, 0) is 14.1 Å². The normalized spacial score (nSPS) is 23.3. The lowest BCUT2D eigenvalue weighted by Gasteiger charge is -2.35. The van der Waals surface area contributed by atoms with Crippen LogP contribution in [-0.4, -0.2) is 73.9 Å². The summed E-state index contributed by atoms with van der Waals surface area (Å²) < 4.78 is 5.06. The molecule has 1 unspecified atom stereocenters. The predicted molar refractivity (Wildman–Crippen MR) is 52.0 cm³/mol. The standard InChI is InChI=1S/C9H18N2O3/c1-10(2)3-4-11-8(5-12)6-14-7-9(11)13/h8,12H,3-7H2,1-2H3. The van der Waals surface area contributed by atoms with Crippen molar-refractivity contribution >= 4 is 5.91 Å². The SMILES string of the molecule is CN(C)CCN1C(=O)COCC1CO. The van der Waals surface area contributed by atoms with E-state index in [2.05, 4.69) is 0 Å². The van der Waals surface area contributed by atoms with Crippen molar-refractivity contribution in [1.29, 1.82) is 0 Å². The van der Waals surface area contributed by atoms with Crippen LogP contribution in [0.25, 0.3) is 0 Å². The lowest BCUT2D eigenvalue weighted by atomic mass is 10.2. The molecule has 5 nitrogen and oxygen atoms in total.